The maximum absolute atomic E-state index is 9.72. The molecule has 0 atom stereocenters. The van der Waals surface area contributed by atoms with E-state index in [1.807, 2.05) is 32.0 Å². The van der Waals surface area contributed by atoms with E-state index in [1.165, 1.54) is 19.8 Å². The molecule has 0 radical (unpaired) electrons. The van der Waals surface area contributed by atoms with Gasteiger partial charge >= 0.3 is 9.05 Å². The molecule has 0 bridgehead atoms. The number of rotatable bonds is 5. The van der Waals surface area contributed by atoms with Gasteiger partial charge < -0.3 is 18.1 Å². The first-order chi connectivity index (χ1) is 7.52. The fraction of sp³-hybridized carbons (Fsp3) is 0.455. The minimum Gasteiger partial charge on any atom is -0.367 e. The minimum atomic E-state index is -3.42. The molecule has 16 heavy (non-hydrogen) atoms. The predicted octanol–water partition coefficient (Wildman–Crippen LogP) is 1.54. The number of hydrogen-bond acceptors (Lipinski definition) is 4. The van der Waals surface area contributed by atoms with Crippen molar-refractivity contribution in [2.75, 3.05) is 14.2 Å². The van der Waals surface area contributed by atoms with Crippen LogP contribution in [0.3, 0.4) is 0 Å². The van der Waals surface area contributed by atoms with Gasteiger partial charge in [0, 0.05) is 14.2 Å². The molecule has 0 saturated heterocycles. The van der Waals surface area contributed by atoms with Crippen molar-refractivity contribution in [3.63, 3.8) is 0 Å². The standard InChI is InChI=1S/C11H18O4Si/c1-9-6-5-7-11(10(9)2)8-15-16(12,13-3)14-4/h5-7,12H,8H2,1-4H3. The zero-order chi connectivity index (χ0) is 12.2. The third-order valence-corrected chi connectivity index (χ3v) is 4.18. The average molecular weight is 242 g/mol. The van der Waals surface area contributed by atoms with Gasteiger partial charge in [0.25, 0.3) is 0 Å². The van der Waals surface area contributed by atoms with Crippen molar-refractivity contribution in [1.29, 1.82) is 0 Å². The van der Waals surface area contributed by atoms with Crippen LogP contribution >= 0.6 is 0 Å². The highest BCUT2D eigenvalue weighted by molar-refractivity contribution is 6.51. The smallest absolute Gasteiger partial charge is 0.367 e. The molecule has 1 rings (SSSR count). The van der Waals surface area contributed by atoms with Crippen LogP contribution in [0.15, 0.2) is 18.2 Å². The Hall–Kier alpha value is -0.723. The molecule has 0 fully saturated rings. The molecule has 0 heterocycles. The molecule has 90 valence electrons. The topological polar surface area (TPSA) is 47.9 Å². The molecule has 0 aromatic heterocycles. The van der Waals surface area contributed by atoms with E-state index < -0.39 is 9.05 Å². The highest BCUT2D eigenvalue weighted by Crippen LogP contribution is 2.15. The van der Waals surface area contributed by atoms with Gasteiger partial charge in [0.1, 0.15) is 0 Å². The van der Waals surface area contributed by atoms with Crippen molar-refractivity contribution in [2.24, 2.45) is 0 Å². The summed E-state index contributed by atoms with van der Waals surface area (Å²) in [6.07, 6.45) is 0. The SMILES string of the molecule is CO[Si](O)(OC)OCc1cccc(C)c1C. The van der Waals surface area contributed by atoms with Gasteiger partial charge in [-0.2, -0.15) is 0 Å². The summed E-state index contributed by atoms with van der Waals surface area (Å²) in [5, 5.41) is 0. The molecule has 0 aliphatic heterocycles. The first kappa shape index (κ1) is 13.3. The Bertz CT molecular complexity index is 350. The van der Waals surface area contributed by atoms with Gasteiger partial charge in [0.15, 0.2) is 0 Å². The van der Waals surface area contributed by atoms with Gasteiger partial charge in [-0.1, -0.05) is 18.2 Å². The Balaban J connectivity index is 2.71. The molecule has 0 unspecified atom stereocenters. The second kappa shape index (κ2) is 5.56. The molecule has 1 aromatic carbocycles. The van der Waals surface area contributed by atoms with Crippen molar-refractivity contribution in [3.8, 4) is 0 Å². The highest BCUT2D eigenvalue weighted by Gasteiger charge is 2.38. The second-order valence-corrected chi connectivity index (χ2v) is 5.73. The molecule has 4 nitrogen and oxygen atoms in total. The molecule has 0 aliphatic carbocycles. The van der Waals surface area contributed by atoms with Gasteiger partial charge in [0.2, 0.25) is 0 Å². The van der Waals surface area contributed by atoms with Crippen LogP contribution in [-0.4, -0.2) is 28.1 Å². The maximum Gasteiger partial charge on any atom is 0.676 e. The van der Waals surface area contributed by atoms with E-state index in [1.54, 1.807) is 0 Å². The van der Waals surface area contributed by atoms with Gasteiger partial charge in [-0.3, -0.25) is 0 Å². The molecule has 0 saturated carbocycles. The summed E-state index contributed by atoms with van der Waals surface area (Å²) in [7, 11) is -0.673. The third-order valence-electron chi connectivity index (χ3n) is 2.64. The zero-order valence-electron chi connectivity index (χ0n) is 10.1. The lowest BCUT2D eigenvalue weighted by Crippen LogP contribution is -2.43. The predicted molar refractivity (Wildman–Crippen MR) is 62.7 cm³/mol. The summed E-state index contributed by atoms with van der Waals surface area (Å²) in [5.74, 6) is 0. The quantitative estimate of drug-likeness (QED) is 0.796. The van der Waals surface area contributed by atoms with E-state index in [4.69, 9.17) is 13.3 Å². The van der Waals surface area contributed by atoms with Crippen molar-refractivity contribution in [1.82, 2.24) is 0 Å². The first-order valence-corrected chi connectivity index (χ1v) is 6.71. The van der Waals surface area contributed by atoms with Gasteiger partial charge in [0.05, 0.1) is 6.61 Å². The summed E-state index contributed by atoms with van der Waals surface area (Å²) in [6.45, 7) is 4.35. The van der Waals surface area contributed by atoms with Crippen LogP contribution in [0.2, 0.25) is 0 Å². The summed E-state index contributed by atoms with van der Waals surface area (Å²) in [5.41, 5.74) is 3.38. The van der Waals surface area contributed by atoms with Crippen LogP contribution in [0.25, 0.3) is 0 Å². The summed E-state index contributed by atoms with van der Waals surface area (Å²) >= 11 is 0. The second-order valence-electron chi connectivity index (χ2n) is 3.58. The van der Waals surface area contributed by atoms with Crippen molar-refractivity contribution >= 4 is 9.05 Å². The lowest BCUT2D eigenvalue weighted by Gasteiger charge is -2.19. The van der Waals surface area contributed by atoms with E-state index in [9.17, 15) is 4.80 Å². The van der Waals surface area contributed by atoms with Crippen LogP contribution in [0.1, 0.15) is 16.7 Å². The van der Waals surface area contributed by atoms with E-state index in [2.05, 4.69) is 0 Å². The largest absolute Gasteiger partial charge is 0.676 e. The summed E-state index contributed by atoms with van der Waals surface area (Å²) in [6, 6.07) is 5.96. The highest BCUT2D eigenvalue weighted by atomic mass is 28.4. The van der Waals surface area contributed by atoms with Crippen LogP contribution in [-0.2, 0) is 19.9 Å². The fourth-order valence-electron chi connectivity index (χ4n) is 1.34. The van der Waals surface area contributed by atoms with Crippen LogP contribution in [0.4, 0.5) is 0 Å². The fourth-order valence-corrected chi connectivity index (χ4v) is 2.08. The van der Waals surface area contributed by atoms with Crippen LogP contribution in [0, 0.1) is 13.8 Å². The summed E-state index contributed by atoms with van der Waals surface area (Å²) < 4.78 is 15.0. The zero-order valence-corrected chi connectivity index (χ0v) is 11.1. The van der Waals surface area contributed by atoms with Gasteiger partial charge in [-0.15, -0.1) is 0 Å². The number of benzene rings is 1. The molecule has 1 N–H and O–H groups in total. The van der Waals surface area contributed by atoms with Crippen LogP contribution in [0.5, 0.6) is 0 Å². The summed E-state index contributed by atoms with van der Waals surface area (Å²) in [4.78, 5) is 9.72. The van der Waals surface area contributed by atoms with E-state index >= 15 is 0 Å². The van der Waals surface area contributed by atoms with Gasteiger partial charge in [-0.25, -0.2) is 0 Å². The van der Waals surface area contributed by atoms with Gasteiger partial charge in [-0.05, 0) is 30.5 Å². The van der Waals surface area contributed by atoms with Crippen LogP contribution < -0.4 is 0 Å². The third kappa shape index (κ3) is 3.13. The Morgan fingerprint density at radius 1 is 1.19 bits per heavy atom. The Morgan fingerprint density at radius 3 is 2.38 bits per heavy atom. The van der Waals surface area contributed by atoms with Crippen molar-refractivity contribution in [3.05, 3.63) is 34.9 Å². The lowest BCUT2D eigenvalue weighted by molar-refractivity contribution is 0.0174. The minimum absolute atomic E-state index is 0.290. The van der Waals surface area contributed by atoms with E-state index in [0.717, 1.165) is 11.1 Å². The maximum atomic E-state index is 9.72. The Labute approximate surface area is 97.3 Å². The number of hydrogen-bond donors (Lipinski definition) is 1. The molecular formula is C11H18O4Si. The average Bonchev–Trinajstić information content (AvgIpc) is 2.31. The first-order valence-electron chi connectivity index (χ1n) is 5.04. The van der Waals surface area contributed by atoms with Crippen molar-refractivity contribution in [2.45, 2.75) is 20.5 Å². The lowest BCUT2D eigenvalue weighted by atomic mass is 10.0. The normalized spacial score (nSPS) is 11.8. The van der Waals surface area contributed by atoms with Crippen molar-refractivity contribution < 1.29 is 18.1 Å². The monoisotopic (exact) mass is 242 g/mol. The van der Waals surface area contributed by atoms with E-state index in [0.29, 0.717) is 0 Å². The molecule has 0 amide bonds. The molecule has 0 aliphatic rings. The number of aryl methyl sites for hydroxylation is 1. The Kier molecular flexibility index (Phi) is 4.64. The Morgan fingerprint density at radius 2 is 1.81 bits per heavy atom. The molecule has 0 spiro atoms. The molecule has 5 heteroatoms. The molecular weight excluding hydrogens is 224 g/mol. The van der Waals surface area contributed by atoms with E-state index in [-0.39, 0.29) is 6.61 Å². The molecule has 1 aromatic rings.